The molecule has 0 amide bonds. The Bertz CT molecular complexity index is 1100. The van der Waals surface area contributed by atoms with E-state index in [9.17, 15) is 0 Å². The van der Waals surface area contributed by atoms with E-state index >= 15 is 0 Å². The number of benzene rings is 2. The Hall–Kier alpha value is -3.46. The van der Waals surface area contributed by atoms with Crippen molar-refractivity contribution in [2.75, 3.05) is 6.61 Å². The zero-order chi connectivity index (χ0) is 20.8. The summed E-state index contributed by atoms with van der Waals surface area (Å²) in [5.74, 6) is 0.919. The van der Waals surface area contributed by atoms with Crippen LogP contribution in [0.15, 0.2) is 97.6 Å². The highest BCUT2D eigenvalue weighted by Crippen LogP contribution is 2.20. The van der Waals surface area contributed by atoms with Gasteiger partial charge in [-0.2, -0.15) is 9.13 Å². The van der Waals surface area contributed by atoms with E-state index in [0.29, 0.717) is 0 Å². The molecule has 0 fully saturated rings. The van der Waals surface area contributed by atoms with Crippen LogP contribution in [0.4, 0.5) is 0 Å². The number of ether oxygens (including phenoxy) is 1. The van der Waals surface area contributed by atoms with Crippen molar-refractivity contribution in [2.45, 2.75) is 26.7 Å². The third-order valence-corrected chi connectivity index (χ3v) is 5.28. The van der Waals surface area contributed by atoms with Gasteiger partial charge in [-0.1, -0.05) is 43.7 Å². The van der Waals surface area contributed by atoms with Crippen LogP contribution in [-0.4, -0.2) is 6.61 Å². The molecule has 0 aliphatic heterocycles. The Morgan fingerprint density at radius 3 is 1.80 bits per heavy atom. The number of hydrogen-bond donors (Lipinski definition) is 0. The number of hydrogen-bond acceptors (Lipinski definition) is 1. The van der Waals surface area contributed by atoms with Gasteiger partial charge < -0.3 is 4.74 Å². The van der Waals surface area contributed by atoms with Gasteiger partial charge in [-0.15, -0.1) is 0 Å². The maximum Gasteiger partial charge on any atom is 0.252 e. The van der Waals surface area contributed by atoms with Gasteiger partial charge in [0.05, 0.1) is 6.61 Å². The first-order chi connectivity index (χ1) is 14.8. The first-order valence-electron chi connectivity index (χ1n) is 10.6. The van der Waals surface area contributed by atoms with E-state index in [2.05, 4.69) is 102 Å². The van der Waals surface area contributed by atoms with E-state index in [1.165, 1.54) is 22.4 Å². The monoisotopic (exact) mass is 396 g/mol. The summed E-state index contributed by atoms with van der Waals surface area (Å²) in [6.45, 7) is 5.06. The third kappa shape index (κ3) is 4.41. The molecule has 0 saturated heterocycles. The molecule has 0 aliphatic rings. The van der Waals surface area contributed by atoms with E-state index in [4.69, 9.17) is 4.74 Å². The molecule has 0 N–H and O–H groups in total. The Morgan fingerprint density at radius 2 is 1.20 bits per heavy atom. The van der Waals surface area contributed by atoms with Gasteiger partial charge >= 0.3 is 0 Å². The zero-order valence-electron chi connectivity index (χ0n) is 17.7. The largest absolute Gasteiger partial charge is 0.487 e. The van der Waals surface area contributed by atoms with Gasteiger partial charge in [0.2, 0.25) is 5.69 Å². The summed E-state index contributed by atoms with van der Waals surface area (Å²) in [5, 5.41) is 0. The molecule has 0 radical (unpaired) electrons. The lowest BCUT2D eigenvalue weighted by Crippen LogP contribution is -2.30. The van der Waals surface area contributed by atoms with E-state index in [-0.39, 0.29) is 0 Å². The van der Waals surface area contributed by atoms with Crippen LogP contribution in [0.3, 0.4) is 0 Å². The van der Waals surface area contributed by atoms with Crippen LogP contribution in [0.5, 0.6) is 5.75 Å². The van der Waals surface area contributed by atoms with Crippen LogP contribution >= 0.6 is 0 Å². The van der Waals surface area contributed by atoms with E-state index < -0.39 is 0 Å². The molecule has 0 atom stereocenters. The van der Waals surface area contributed by atoms with Gasteiger partial charge in [0, 0.05) is 42.0 Å². The number of unbranched alkanes of at least 4 members (excludes halogenated alkanes) is 1. The highest BCUT2D eigenvalue weighted by molar-refractivity contribution is 5.61. The molecule has 3 nitrogen and oxygen atoms in total. The summed E-state index contributed by atoms with van der Waals surface area (Å²) in [4.78, 5) is 0. The summed E-state index contributed by atoms with van der Waals surface area (Å²) >= 11 is 0. The first kappa shape index (κ1) is 19.8. The maximum atomic E-state index is 5.99. The minimum Gasteiger partial charge on any atom is -0.487 e. The fraction of sp³-hybridized carbons (Fsp3) is 0.185. The second-order valence-electron chi connectivity index (χ2n) is 7.44. The lowest BCUT2D eigenvalue weighted by Gasteiger charge is -2.07. The molecular formula is C27H28N2O+2. The van der Waals surface area contributed by atoms with Crippen LogP contribution in [0.2, 0.25) is 0 Å². The molecule has 3 heteroatoms. The molecule has 2 heterocycles. The number of aryl methyl sites for hydroxylation is 1. The zero-order valence-corrected chi connectivity index (χ0v) is 17.7. The molecule has 4 aromatic rings. The Balaban J connectivity index is 1.55. The maximum absolute atomic E-state index is 5.99. The molecular weight excluding hydrogens is 368 g/mol. The fourth-order valence-electron chi connectivity index (χ4n) is 3.53. The molecule has 150 valence electrons. The molecule has 0 bridgehead atoms. The summed E-state index contributed by atoms with van der Waals surface area (Å²) < 4.78 is 10.3. The van der Waals surface area contributed by atoms with Gasteiger partial charge in [-0.25, -0.2) is 0 Å². The minimum absolute atomic E-state index is 0.747. The van der Waals surface area contributed by atoms with Gasteiger partial charge in [-0.3, -0.25) is 0 Å². The van der Waals surface area contributed by atoms with Crippen molar-refractivity contribution in [1.29, 1.82) is 0 Å². The second-order valence-corrected chi connectivity index (χ2v) is 7.44. The lowest BCUT2D eigenvalue weighted by molar-refractivity contribution is -0.596. The van der Waals surface area contributed by atoms with Crippen molar-refractivity contribution in [3.63, 3.8) is 0 Å². The van der Waals surface area contributed by atoms with Crippen molar-refractivity contribution in [3.8, 4) is 28.3 Å². The highest BCUT2D eigenvalue weighted by Gasteiger charge is 2.14. The molecule has 0 unspecified atom stereocenters. The number of nitrogens with zero attached hydrogens (tertiary/aromatic N) is 2. The third-order valence-electron chi connectivity index (χ3n) is 5.28. The Morgan fingerprint density at radius 1 is 0.667 bits per heavy atom. The first-order valence-corrected chi connectivity index (χ1v) is 10.6. The number of rotatable bonds is 7. The van der Waals surface area contributed by atoms with Gasteiger partial charge in [-0.05, 0) is 30.5 Å². The fourth-order valence-corrected chi connectivity index (χ4v) is 3.53. The van der Waals surface area contributed by atoms with Crippen LogP contribution in [0.25, 0.3) is 22.5 Å². The van der Waals surface area contributed by atoms with Gasteiger partial charge in [0.25, 0.3) is 5.69 Å². The van der Waals surface area contributed by atoms with Crippen LogP contribution in [-0.2, 0) is 0 Å². The predicted octanol–water partition coefficient (Wildman–Crippen LogP) is 5.39. The Labute approximate surface area is 178 Å². The number of aromatic nitrogens is 2. The average molecular weight is 397 g/mol. The summed E-state index contributed by atoms with van der Waals surface area (Å²) in [5.41, 5.74) is 5.91. The molecule has 2 aromatic carbocycles. The van der Waals surface area contributed by atoms with Crippen molar-refractivity contribution in [2.24, 2.45) is 0 Å². The smallest absolute Gasteiger partial charge is 0.252 e. The van der Waals surface area contributed by atoms with Crippen molar-refractivity contribution in [1.82, 2.24) is 0 Å². The number of pyridine rings is 2. The highest BCUT2D eigenvalue weighted by atomic mass is 16.5. The Kier molecular flexibility index (Phi) is 6.19. The molecule has 4 rings (SSSR count). The summed E-state index contributed by atoms with van der Waals surface area (Å²) in [6, 6.07) is 25.2. The predicted molar refractivity (Wildman–Crippen MR) is 120 cm³/mol. The summed E-state index contributed by atoms with van der Waals surface area (Å²) in [7, 11) is 0. The average Bonchev–Trinajstić information content (AvgIpc) is 2.80. The van der Waals surface area contributed by atoms with E-state index in [0.717, 1.165) is 30.9 Å². The topological polar surface area (TPSA) is 17.0 Å². The quantitative estimate of drug-likeness (QED) is 0.302. The van der Waals surface area contributed by atoms with Gasteiger partial charge in [0.15, 0.2) is 30.5 Å². The second kappa shape index (κ2) is 9.36. The van der Waals surface area contributed by atoms with Crippen LogP contribution in [0.1, 0.15) is 25.3 Å². The lowest BCUT2D eigenvalue weighted by atomic mass is 10.1. The molecule has 0 saturated carbocycles. The minimum atomic E-state index is 0.747. The molecule has 0 spiro atoms. The van der Waals surface area contributed by atoms with E-state index in [1.807, 2.05) is 18.2 Å². The van der Waals surface area contributed by atoms with Gasteiger partial charge in [0.1, 0.15) is 0 Å². The van der Waals surface area contributed by atoms with E-state index in [1.54, 1.807) is 0 Å². The molecule has 2 aromatic heterocycles. The van der Waals surface area contributed by atoms with Crippen molar-refractivity contribution >= 4 is 0 Å². The molecule has 0 aliphatic carbocycles. The standard InChI is InChI=1S/C27H28N2O/c1-3-4-21-30-27-12-8-7-11-26(27)29-19-15-24(16-20-29)23-13-17-28(18-14-23)25-10-6-5-9-22(25)2/h5-20H,3-4,21H2,1-2H3/q+2. The number of para-hydroxylation sites is 3. The van der Waals surface area contributed by atoms with Crippen LogP contribution in [0, 0.1) is 6.92 Å². The normalized spacial score (nSPS) is 10.7. The SMILES string of the molecule is CCCCOc1ccccc1-[n+]1ccc(-c2cc[n+](-c3ccccc3C)cc2)cc1. The van der Waals surface area contributed by atoms with Crippen LogP contribution < -0.4 is 13.9 Å². The van der Waals surface area contributed by atoms with Crippen molar-refractivity contribution < 1.29 is 13.9 Å². The molecule has 30 heavy (non-hydrogen) atoms. The van der Waals surface area contributed by atoms with Crippen molar-refractivity contribution in [3.05, 3.63) is 103 Å². The summed E-state index contributed by atoms with van der Waals surface area (Å²) in [6.07, 6.45) is 10.6.